The molecular formula is C15H24N4OS. The van der Waals surface area contributed by atoms with Gasteiger partial charge in [-0.2, -0.15) is 11.8 Å². The summed E-state index contributed by atoms with van der Waals surface area (Å²) in [6, 6.07) is 0.0661. The largest absolute Gasteiger partial charge is 0.337 e. The number of aryl methyl sites for hydroxylation is 1. The summed E-state index contributed by atoms with van der Waals surface area (Å²) in [5, 5.41) is 3.69. The van der Waals surface area contributed by atoms with E-state index in [1.807, 2.05) is 36.1 Å². The van der Waals surface area contributed by atoms with Crippen LogP contribution in [0.25, 0.3) is 0 Å². The molecule has 0 saturated carbocycles. The second kappa shape index (κ2) is 6.73. The number of thioether (sulfide) groups is 1. The first-order chi connectivity index (χ1) is 10.2. The van der Waals surface area contributed by atoms with Crippen LogP contribution in [0, 0.1) is 5.92 Å². The number of hydrogen-bond acceptors (Lipinski definition) is 3. The van der Waals surface area contributed by atoms with Crippen molar-refractivity contribution in [2.45, 2.75) is 37.5 Å². The van der Waals surface area contributed by atoms with Crippen LogP contribution in [0.3, 0.4) is 0 Å². The van der Waals surface area contributed by atoms with Crippen molar-refractivity contribution in [2.75, 3.05) is 25.9 Å². The number of nitrogens with zero attached hydrogens (tertiary/aromatic N) is 3. The van der Waals surface area contributed by atoms with Gasteiger partial charge in [0.1, 0.15) is 5.82 Å². The second-order valence-electron chi connectivity index (χ2n) is 6.10. The minimum Gasteiger partial charge on any atom is -0.337 e. The Morgan fingerprint density at radius 3 is 3.29 bits per heavy atom. The fourth-order valence-corrected chi connectivity index (χ4v) is 4.38. The Morgan fingerprint density at radius 1 is 1.57 bits per heavy atom. The maximum atomic E-state index is 12.2. The molecule has 2 aliphatic rings. The van der Waals surface area contributed by atoms with Gasteiger partial charge in [-0.1, -0.05) is 0 Å². The van der Waals surface area contributed by atoms with Crippen LogP contribution in [-0.2, 0) is 13.0 Å². The Balaban J connectivity index is 1.43. The number of nitrogens with one attached hydrogen (secondary N) is 1. The number of imidazole rings is 1. The van der Waals surface area contributed by atoms with E-state index in [4.69, 9.17) is 0 Å². The quantitative estimate of drug-likeness (QED) is 0.925. The number of fused-ring (bicyclic) bond motifs is 1. The van der Waals surface area contributed by atoms with Gasteiger partial charge < -0.3 is 14.8 Å². The van der Waals surface area contributed by atoms with E-state index in [-0.39, 0.29) is 6.03 Å². The van der Waals surface area contributed by atoms with Crippen molar-refractivity contribution in [1.29, 1.82) is 0 Å². The van der Waals surface area contributed by atoms with E-state index in [9.17, 15) is 4.79 Å². The molecular weight excluding hydrogens is 284 g/mol. The van der Waals surface area contributed by atoms with Crippen molar-refractivity contribution >= 4 is 17.8 Å². The Kier molecular flexibility index (Phi) is 4.73. The van der Waals surface area contributed by atoms with Crippen molar-refractivity contribution in [3.8, 4) is 0 Å². The molecule has 2 amide bonds. The summed E-state index contributed by atoms with van der Waals surface area (Å²) in [6.45, 7) is 2.65. The van der Waals surface area contributed by atoms with Crippen molar-refractivity contribution in [2.24, 2.45) is 5.92 Å². The van der Waals surface area contributed by atoms with E-state index in [1.54, 1.807) is 0 Å². The first kappa shape index (κ1) is 14.8. The van der Waals surface area contributed by atoms with E-state index in [0.717, 1.165) is 38.3 Å². The molecule has 1 aromatic heterocycles. The predicted octanol–water partition coefficient (Wildman–Crippen LogP) is 1.98. The Labute approximate surface area is 130 Å². The van der Waals surface area contributed by atoms with Crippen LogP contribution in [0.2, 0.25) is 0 Å². The molecule has 3 heterocycles. The number of rotatable bonds is 4. The molecule has 0 bridgehead atoms. The molecule has 0 aliphatic carbocycles. The summed E-state index contributed by atoms with van der Waals surface area (Å²) in [4.78, 5) is 18.4. The lowest BCUT2D eigenvalue weighted by Gasteiger charge is -2.28. The van der Waals surface area contributed by atoms with Crippen LogP contribution in [0.4, 0.5) is 4.79 Å². The molecule has 5 nitrogen and oxygen atoms in total. The van der Waals surface area contributed by atoms with Crippen molar-refractivity contribution in [3.63, 3.8) is 0 Å². The van der Waals surface area contributed by atoms with Gasteiger partial charge in [0, 0.05) is 50.7 Å². The lowest BCUT2D eigenvalue weighted by Crippen LogP contribution is -2.43. The van der Waals surface area contributed by atoms with Crippen molar-refractivity contribution in [1.82, 2.24) is 19.8 Å². The summed E-state index contributed by atoms with van der Waals surface area (Å²) < 4.78 is 2.22. The van der Waals surface area contributed by atoms with Gasteiger partial charge >= 0.3 is 6.03 Å². The van der Waals surface area contributed by atoms with Crippen molar-refractivity contribution in [3.05, 3.63) is 18.2 Å². The van der Waals surface area contributed by atoms with Gasteiger partial charge in [0.25, 0.3) is 0 Å². The van der Waals surface area contributed by atoms with Crippen LogP contribution >= 0.6 is 11.8 Å². The third-order valence-corrected chi connectivity index (χ3v) is 5.83. The third kappa shape index (κ3) is 3.73. The Bertz CT molecular complexity index is 484. The van der Waals surface area contributed by atoms with E-state index in [2.05, 4.69) is 14.9 Å². The number of aromatic nitrogens is 2. The minimum atomic E-state index is 0.0661. The smallest absolute Gasteiger partial charge is 0.317 e. The SMILES string of the molecule is CN(C[C@@H]1CCn2ccnc2C1)C(=O)NC[C@@H]1CCCS1. The van der Waals surface area contributed by atoms with E-state index in [0.29, 0.717) is 11.2 Å². The monoisotopic (exact) mass is 308 g/mol. The molecule has 3 rings (SSSR count). The van der Waals surface area contributed by atoms with Gasteiger partial charge in [-0.15, -0.1) is 0 Å². The maximum absolute atomic E-state index is 12.2. The summed E-state index contributed by atoms with van der Waals surface area (Å²) in [5.74, 6) is 2.92. The number of carbonyl (C=O) groups excluding carboxylic acids is 1. The summed E-state index contributed by atoms with van der Waals surface area (Å²) >= 11 is 1.98. The molecule has 0 spiro atoms. The number of urea groups is 1. The van der Waals surface area contributed by atoms with E-state index < -0.39 is 0 Å². The fourth-order valence-electron chi connectivity index (χ4n) is 3.18. The first-order valence-corrected chi connectivity index (χ1v) is 8.88. The highest BCUT2D eigenvalue weighted by atomic mass is 32.2. The first-order valence-electron chi connectivity index (χ1n) is 7.83. The molecule has 6 heteroatoms. The van der Waals surface area contributed by atoms with E-state index in [1.165, 1.54) is 18.6 Å². The van der Waals surface area contributed by atoms with Crippen LogP contribution in [-0.4, -0.2) is 51.6 Å². The van der Waals surface area contributed by atoms with Crippen LogP contribution in [0.15, 0.2) is 12.4 Å². The second-order valence-corrected chi connectivity index (χ2v) is 7.51. The Hall–Kier alpha value is -1.17. The predicted molar refractivity (Wildman–Crippen MR) is 85.5 cm³/mol. The third-order valence-electron chi connectivity index (χ3n) is 4.43. The van der Waals surface area contributed by atoms with Gasteiger partial charge in [-0.05, 0) is 30.9 Å². The standard InChI is InChI=1S/C15H24N4OS/c1-18(15(20)17-10-13-3-2-8-21-13)11-12-4-6-19-7-5-16-14(19)9-12/h5,7,12-13H,2-4,6,8-11H2,1H3,(H,17,20)/t12-,13+/m1/s1. The van der Waals surface area contributed by atoms with Gasteiger partial charge in [-0.3, -0.25) is 0 Å². The molecule has 2 atom stereocenters. The van der Waals surface area contributed by atoms with Gasteiger partial charge in [-0.25, -0.2) is 9.78 Å². The molecule has 21 heavy (non-hydrogen) atoms. The summed E-state index contributed by atoms with van der Waals surface area (Å²) in [7, 11) is 1.90. The lowest BCUT2D eigenvalue weighted by atomic mass is 9.97. The molecule has 1 N–H and O–H groups in total. The molecule has 1 aromatic rings. The zero-order valence-corrected chi connectivity index (χ0v) is 13.4. The van der Waals surface area contributed by atoms with Crippen LogP contribution in [0.5, 0.6) is 0 Å². The molecule has 1 saturated heterocycles. The summed E-state index contributed by atoms with van der Waals surface area (Å²) in [6.07, 6.45) is 8.53. The minimum absolute atomic E-state index is 0.0661. The fraction of sp³-hybridized carbons (Fsp3) is 0.733. The zero-order chi connectivity index (χ0) is 14.7. The normalized spacial score (nSPS) is 24.6. The molecule has 2 aliphatic heterocycles. The highest BCUT2D eigenvalue weighted by Gasteiger charge is 2.23. The van der Waals surface area contributed by atoms with Crippen LogP contribution in [0.1, 0.15) is 25.1 Å². The molecule has 116 valence electrons. The van der Waals surface area contributed by atoms with Gasteiger partial charge in [0.2, 0.25) is 0 Å². The average Bonchev–Trinajstić information content (AvgIpc) is 3.15. The molecule has 0 unspecified atom stereocenters. The highest BCUT2D eigenvalue weighted by Crippen LogP contribution is 2.25. The average molecular weight is 308 g/mol. The Morgan fingerprint density at radius 2 is 2.48 bits per heavy atom. The lowest BCUT2D eigenvalue weighted by molar-refractivity contribution is 0.194. The topological polar surface area (TPSA) is 50.2 Å². The van der Waals surface area contributed by atoms with Crippen molar-refractivity contribution < 1.29 is 4.79 Å². The number of hydrogen-bond donors (Lipinski definition) is 1. The molecule has 0 radical (unpaired) electrons. The molecule has 1 fully saturated rings. The number of carbonyl (C=O) groups is 1. The van der Waals surface area contributed by atoms with Gasteiger partial charge in [0.15, 0.2) is 0 Å². The van der Waals surface area contributed by atoms with Gasteiger partial charge in [0.05, 0.1) is 0 Å². The van der Waals surface area contributed by atoms with Crippen LogP contribution < -0.4 is 5.32 Å². The summed E-state index contributed by atoms with van der Waals surface area (Å²) in [5.41, 5.74) is 0. The number of amides is 2. The zero-order valence-electron chi connectivity index (χ0n) is 12.6. The van der Waals surface area contributed by atoms with E-state index >= 15 is 0 Å². The highest BCUT2D eigenvalue weighted by molar-refractivity contribution is 8.00. The molecule has 0 aromatic carbocycles. The maximum Gasteiger partial charge on any atom is 0.317 e.